The van der Waals surface area contributed by atoms with Crippen LogP contribution in [-0.4, -0.2) is 65.5 Å². The Morgan fingerprint density at radius 2 is 1.73 bits per heavy atom. The Labute approximate surface area is 138 Å². The monoisotopic (exact) mass is 320 g/mol. The Hall–Kier alpha value is -0.550. The minimum absolute atomic E-state index is 0.0889. The first-order valence-corrected chi connectivity index (χ1v) is 9.64. The summed E-state index contributed by atoms with van der Waals surface area (Å²) in [6, 6.07) is 11.1. The number of hydrogen-bond donors (Lipinski definition) is 1. The van der Waals surface area contributed by atoms with Crippen molar-refractivity contribution in [3.05, 3.63) is 30.3 Å². The lowest BCUT2D eigenvalue weighted by Gasteiger charge is -2.42. The molecule has 0 amide bonds. The third kappa shape index (κ3) is 4.48. The van der Waals surface area contributed by atoms with Crippen molar-refractivity contribution < 1.29 is 5.11 Å². The summed E-state index contributed by atoms with van der Waals surface area (Å²) in [5, 5.41) is 10.2. The Morgan fingerprint density at radius 3 is 2.45 bits per heavy atom. The highest BCUT2D eigenvalue weighted by molar-refractivity contribution is 7.99. The SMILES string of the molecule is O[C@H]1CCCC[C@@H]1N1CCN(CCSc2ccccc2)CC1. The molecule has 0 spiro atoms. The van der Waals surface area contributed by atoms with Crippen LogP contribution in [0.4, 0.5) is 0 Å². The van der Waals surface area contributed by atoms with Crippen LogP contribution in [-0.2, 0) is 0 Å². The first-order chi connectivity index (χ1) is 10.8. The largest absolute Gasteiger partial charge is 0.391 e. The van der Waals surface area contributed by atoms with Crippen molar-refractivity contribution >= 4 is 11.8 Å². The van der Waals surface area contributed by atoms with Gasteiger partial charge in [0, 0.05) is 49.4 Å². The molecule has 1 aromatic rings. The third-order valence-corrected chi connectivity index (χ3v) is 5.98. The van der Waals surface area contributed by atoms with E-state index in [1.807, 2.05) is 11.8 Å². The molecule has 3 rings (SSSR count). The number of benzene rings is 1. The van der Waals surface area contributed by atoms with Crippen molar-refractivity contribution in [2.24, 2.45) is 0 Å². The fourth-order valence-corrected chi connectivity index (χ4v) is 4.58. The van der Waals surface area contributed by atoms with E-state index in [4.69, 9.17) is 0 Å². The second kappa shape index (κ2) is 8.34. The van der Waals surface area contributed by atoms with Gasteiger partial charge in [0.05, 0.1) is 6.10 Å². The Balaban J connectivity index is 1.36. The van der Waals surface area contributed by atoms with E-state index in [1.165, 1.54) is 30.7 Å². The smallest absolute Gasteiger partial charge is 0.0695 e. The summed E-state index contributed by atoms with van der Waals surface area (Å²) in [5.74, 6) is 1.16. The van der Waals surface area contributed by atoms with Crippen LogP contribution >= 0.6 is 11.8 Å². The minimum atomic E-state index is -0.0889. The average Bonchev–Trinajstić information content (AvgIpc) is 2.57. The van der Waals surface area contributed by atoms with E-state index >= 15 is 0 Å². The summed E-state index contributed by atoms with van der Waals surface area (Å²) in [7, 11) is 0. The highest BCUT2D eigenvalue weighted by atomic mass is 32.2. The van der Waals surface area contributed by atoms with Gasteiger partial charge >= 0.3 is 0 Å². The summed E-state index contributed by atoms with van der Waals surface area (Å²) in [4.78, 5) is 6.47. The Morgan fingerprint density at radius 1 is 1.00 bits per heavy atom. The minimum Gasteiger partial charge on any atom is -0.391 e. The zero-order valence-electron chi connectivity index (χ0n) is 13.4. The van der Waals surface area contributed by atoms with Crippen molar-refractivity contribution in [1.82, 2.24) is 9.80 Å². The molecule has 1 saturated heterocycles. The van der Waals surface area contributed by atoms with Gasteiger partial charge in [0.15, 0.2) is 0 Å². The van der Waals surface area contributed by atoms with E-state index in [1.54, 1.807) is 0 Å². The van der Waals surface area contributed by atoms with Gasteiger partial charge in [0.2, 0.25) is 0 Å². The predicted octanol–water partition coefficient (Wildman–Crippen LogP) is 2.70. The second-order valence-corrected chi connectivity index (χ2v) is 7.63. The van der Waals surface area contributed by atoms with Gasteiger partial charge in [-0.15, -0.1) is 11.8 Å². The van der Waals surface area contributed by atoms with Crippen LogP contribution in [0.25, 0.3) is 0 Å². The molecule has 4 heteroatoms. The number of rotatable bonds is 5. The lowest BCUT2D eigenvalue weighted by atomic mass is 9.91. The van der Waals surface area contributed by atoms with Crippen molar-refractivity contribution in [2.45, 2.75) is 42.7 Å². The van der Waals surface area contributed by atoms with E-state index in [9.17, 15) is 5.11 Å². The molecule has 22 heavy (non-hydrogen) atoms. The Bertz CT molecular complexity index is 434. The van der Waals surface area contributed by atoms with E-state index < -0.39 is 0 Å². The molecule has 2 fully saturated rings. The Kier molecular flexibility index (Phi) is 6.19. The molecule has 2 atom stereocenters. The van der Waals surface area contributed by atoms with Gasteiger partial charge in [-0.3, -0.25) is 9.80 Å². The van der Waals surface area contributed by atoms with E-state index in [0.29, 0.717) is 6.04 Å². The van der Waals surface area contributed by atoms with Crippen molar-refractivity contribution in [3.63, 3.8) is 0 Å². The molecule has 2 aliphatic rings. The second-order valence-electron chi connectivity index (χ2n) is 6.46. The number of aliphatic hydroxyl groups excluding tert-OH is 1. The molecule has 122 valence electrons. The van der Waals surface area contributed by atoms with Gasteiger partial charge in [0.1, 0.15) is 0 Å². The molecule has 1 heterocycles. The molecule has 1 aromatic carbocycles. The first kappa shape index (κ1) is 16.3. The fourth-order valence-electron chi connectivity index (χ4n) is 3.65. The summed E-state index contributed by atoms with van der Waals surface area (Å²) in [6.45, 7) is 5.72. The van der Waals surface area contributed by atoms with Crippen LogP contribution in [0.15, 0.2) is 35.2 Å². The zero-order chi connectivity index (χ0) is 15.2. The van der Waals surface area contributed by atoms with Gasteiger partial charge in [-0.05, 0) is 25.0 Å². The lowest BCUT2D eigenvalue weighted by molar-refractivity contribution is -0.00254. The fraction of sp³-hybridized carbons (Fsp3) is 0.667. The quantitative estimate of drug-likeness (QED) is 0.844. The number of hydrogen-bond acceptors (Lipinski definition) is 4. The van der Waals surface area contributed by atoms with Gasteiger partial charge in [-0.2, -0.15) is 0 Å². The van der Waals surface area contributed by atoms with Gasteiger partial charge < -0.3 is 5.11 Å². The summed E-state index contributed by atoms with van der Waals surface area (Å²) in [5.41, 5.74) is 0. The highest BCUT2D eigenvalue weighted by Crippen LogP contribution is 2.24. The lowest BCUT2D eigenvalue weighted by Crippen LogP contribution is -2.54. The molecule has 3 nitrogen and oxygen atoms in total. The molecular weight excluding hydrogens is 292 g/mol. The molecule has 0 bridgehead atoms. The van der Waals surface area contributed by atoms with Gasteiger partial charge in [0.25, 0.3) is 0 Å². The van der Waals surface area contributed by atoms with Crippen molar-refractivity contribution in [2.75, 3.05) is 38.5 Å². The van der Waals surface area contributed by atoms with Crippen LogP contribution in [0.3, 0.4) is 0 Å². The average molecular weight is 321 g/mol. The van der Waals surface area contributed by atoms with Crippen molar-refractivity contribution in [1.29, 1.82) is 0 Å². The summed E-state index contributed by atoms with van der Waals surface area (Å²) < 4.78 is 0. The van der Waals surface area contributed by atoms with Crippen LogP contribution < -0.4 is 0 Å². The zero-order valence-corrected chi connectivity index (χ0v) is 14.2. The third-order valence-electron chi connectivity index (χ3n) is 4.99. The molecule has 1 aliphatic carbocycles. The van der Waals surface area contributed by atoms with Gasteiger partial charge in [-0.25, -0.2) is 0 Å². The summed E-state index contributed by atoms with van der Waals surface area (Å²) in [6.07, 6.45) is 4.59. The molecule has 1 N–H and O–H groups in total. The number of thioether (sulfide) groups is 1. The predicted molar refractivity (Wildman–Crippen MR) is 93.4 cm³/mol. The molecule has 1 aliphatic heterocycles. The van der Waals surface area contributed by atoms with Gasteiger partial charge in [-0.1, -0.05) is 31.0 Å². The van der Waals surface area contributed by atoms with E-state index in [0.717, 1.165) is 38.4 Å². The maximum Gasteiger partial charge on any atom is 0.0695 e. The maximum atomic E-state index is 10.2. The summed E-state index contributed by atoms with van der Waals surface area (Å²) >= 11 is 1.95. The maximum absolute atomic E-state index is 10.2. The molecule has 1 saturated carbocycles. The van der Waals surface area contributed by atoms with Crippen molar-refractivity contribution in [3.8, 4) is 0 Å². The molecule has 0 unspecified atom stereocenters. The number of piperazine rings is 1. The molecule has 0 radical (unpaired) electrons. The molecule has 0 aromatic heterocycles. The topological polar surface area (TPSA) is 26.7 Å². The van der Waals surface area contributed by atoms with Crippen LogP contribution in [0.5, 0.6) is 0 Å². The first-order valence-electron chi connectivity index (χ1n) is 8.65. The highest BCUT2D eigenvalue weighted by Gasteiger charge is 2.30. The van der Waals surface area contributed by atoms with E-state index in [-0.39, 0.29) is 6.10 Å². The standard InChI is InChI=1S/C18H28N2OS/c21-18-9-5-4-8-17(18)20-12-10-19(11-13-20)14-15-22-16-6-2-1-3-7-16/h1-3,6-7,17-18,21H,4-5,8-15H2/t17-,18-/m0/s1. The normalized spacial score (nSPS) is 27.9. The number of nitrogens with zero attached hydrogens (tertiary/aromatic N) is 2. The number of aliphatic hydroxyl groups is 1. The van der Waals surface area contributed by atoms with Crippen LogP contribution in [0.2, 0.25) is 0 Å². The van der Waals surface area contributed by atoms with Crippen LogP contribution in [0.1, 0.15) is 25.7 Å². The molecular formula is C18H28N2OS. The van der Waals surface area contributed by atoms with Crippen LogP contribution in [0, 0.1) is 0 Å². The van der Waals surface area contributed by atoms with E-state index in [2.05, 4.69) is 40.1 Å².